The molecule has 2 aromatic rings. The van der Waals surface area contributed by atoms with Crippen molar-refractivity contribution < 1.29 is 4.79 Å². The van der Waals surface area contributed by atoms with Crippen molar-refractivity contribution in [2.24, 2.45) is 0 Å². The lowest BCUT2D eigenvalue weighted by atomic mass is 10.1. The summed E-state index contributed by atoms with van der Waals surface area (Å²) in [7, 11) is 0. The molecule has 0 N–H and O–H groups in total. The maximum atomic E-state index is 12.1. The largest absolute Gasteiger partial charge is 0.298 e. The van der Waals surface area contributed by atoms with Gasteiger partial charge >= 0.3 is 0 Å². The molecule has 0 spiro atoms. The third-order valence-electron chi connectivity index (χ3n) is 2.87. The number of pyridine rings is 1. The smallest absolute Gasteiger partial charge is 0.265 e. The maximum Gasteiger partial charge on any atom is 0.265 e. The molecular weight excluding hydrogens is 214 g/mol. The average molecular weight is 227 g/mol. The van der Waals surface area contributed by atoms with E-state index in [1.54, 1.807) is 10.6 Å². The van der Waals surface area contributed by atoms with Gasteiger partial charge in [-0.25, -0.2) is 0 Å². The van der Waals surface area contributed by atoms with Gasteiger partial charge in [0, 0.05) is 11.4 Å². The molecule has 17 heavy (non-hydrogen) atoms. The van der Waals surface area contributed by atoms with Gasteiger partial charge in [0.05, 0.1) is 5.56 Å². The van der Waals surface area contributed by atoms with E-state index in [0.717, 1.165) is 16.9 Å². The van der Waals surface area contributed by atoms with Crippen LogP contribution in [-0.2, 0) is 0 Å². The quantitative estimate of drug-likeness (QED) is 0.738. The predicted molar refractivity (Wildman–Crippen MR) is 66.9 cm³/mol. The highest BCUT2D eigenvalue weighted by atomic mass is 16.1. The number of carbonyl (C=O) groups is 1. The van der Waals surface area contributed by atoms with Crippen LogP contribution in [0, 0.1) is 13.8 Å². The average Bonchev–Trinajstić information content (AvgIpc) is 2.35. The number of aldehydes is 1. The molecule has 0 aliphatic heterocycles. The molecule has 0 bridgehead atoms. The van der Waals surface area contributed by atoms with E-state index in [2.05, 4.69) is 0 Å². The molecule has 3 nitrogen and oxygen atoms in total. The highest BCUT2D eigenvalue weighted by Crippen LogP contribution is 2.12. The fourth-order valence-electron chi connectivity index (χ4n) is 1.83. The van der Waals surface area contributed by atoms with Crippen molar-refractivity contribution >= 4 is 6.29 Å². The lowest BCUT2D eigenvalue weighted by Gasteiger charge is -2.12. The van der Waals surface area contributed by atoms with E-state index in [9.17, 15) is 9.59 Å². The molecule has 0 saturated carbocycles. The molecule has 1 heterocycles. The Kier molecular flexibility index (Phi) is 2.91. The molecule has 0 aliphatic rings. The van der Waals surface area contributed by atoms with Crippen LogP contribution in [0.3, 0.4) is 0 Å². The Labute approximate surface area is 99.3 Å². The van der Waals surface area contributed by atoms with E-state index in [0.29, 0.717) is 6.29 Å². The van der Waals surface area contributed by atoms with E-state index in [1.165, 1.54) is 0 Å². The van der Waals surface area contributed by atoms with Crippen LogP contribution >= 0.6 is 0 Å². The second kappa shape index (κ2) is 4.37. The Morgan fingerprint density at radius 1 is 1.12 bits per heavy atom. The standard InChI is InChI=1S/C14H13NO2/c1-10-8-12(9-16)14(17)15(11(10)2)13-6-4-3-5-7-13/h3-9H,1-2H3. The van der Waals surface area contributed by atoms with Gasteiger partial charge < -0.3 is 0 Å². The Balaban J connectivity index is 2.82. The predicted octanol–water partition coefficient (Wildman–Crippen LogP) is 2.27. The van der Waals surface area contributed by atoms with Crippen LogP contribution in [-0.4, -0.2) is 10.9 Å². The zero-order valence-corrected chi connectivity index (χ0v) is 9.81. The summed E-state index contributed by atoms with van der Waals surface area (Å²) in [4.78, 5) is 23.0. The van der Waals surface area contributed by atoms with Gasteiger partial charge in [-0.05, 0) is 37.6 Å². The molecule has 2 rings (SSSR count). The molecule has 1 aromatic carbocycles. The van der Waals surface area contributed by atoms with Gasteiger partial charge in [0.2, 0.25) is 0 Å². The highest BCUT2D eigenvalue weighted by Gasteiger charge is 2.09. The van der Waals surface area contributed by atoms with Gasteiger partial charge in [-0.2, -0.15) is 0 Å². The van der Waals surface area contributed by atoms with E-state index in [4.69, 9.17) is 0 Å². The van der Waals surface area contributed by atoms with Crippen LogP contribution in [0.4, 0.5) is 0 Å². The molecule has 0 atom stereocenters. The monoisotopic (exact) mass is 227 g/mol. The third kappa shape index (κ3) is 1.91. The van der Waals surface area contributed by atoms with Crippen LogP contribution in [0.15, 0.2) is 41.2 Å². The number of para-hydroxylation sites is 1. The van der Waals surface area contributed by atoms with Crippen molar-refractivity contribution in [2.45, 2.75) is 13.8 Å². The summed E-state index contributed by atoms with van der Waals surface area (Å²) in [5.41, 5.74) is 2.48. The van der Waals surface area contributed by atoms with Crippen LogP contribution in [0.1, 0.15) is 21.6 Å². The first-order valence-electron chi connectivity index (χ1n) is 5.39. The molecule has 0 aliphatic carbocycles. The topological polar surface area (TPSA) is 39.1 Å². The van der Waals surface area contributed by atoms with E-state index >= 15 is 0 Å². The summed E-state index contributed by atoms with van der Waals surface area (Å²) in [6.45, 7) is 3.76. The van der Waals surface area contributed by atoms with Crippen molar-refractivity contribution in [1.29, 1.82) is 0 Å². The first-order valence-corrected chi connectivity index (χ1v) is 5.39. The minimum atomic E-state index is -0.269. The van der Waals surface area contributed by atoms with Gasteiger partial charge in [-0.1, -0.05) is 18.2 Å². The second-order valence-electron chi connectivity index (χ2n) is 3.96. The molecular formula is C14H13NO2. The van der Waals surface area contributed by atoms with E-state index < -0.39 is 0 Å². The minimum absolute atomic E-state index is 0.192. The molecule has 0 amide bonds. The summed E-state index contributed by atoms with van der Waals surface area (Å²) in [6.07, 6.45) is 0.605. The molecule has 0 fully saturated rings. The van der Waals surface area contributed by atoms with Crippen molar-refractivity contribution in [3.05, 3.63) is 63.6 Å². The summed E-state index contributed by atoms with van der Waals surface area (Å²) >= 11 is 0. The lowest BCUT2D eigenvalue weighted by Crippen LogP contribution is -2.24. The van der Waals surface area contributed by atoms with Crippen molar-refractivity contribution in [2.75, 3.05) is 0 Å². The van der Waals surface area contributed by atoms with Crippen LogP contribution in [0.2, 0.25) is 0 Å². The first kappa shape index (κ1) is 11.3. The van der Waals surface area contributed by atoms with Crippen LogP contribution in [0.25, 0.3) is 5.69 Å². The normalized spacial score (nSPS) is 10.2. The maximum absolute atomic E-state index is 12.1. The van der Waals surface area contributed by atoms with Crippen LogP contribution < -0.4 is 5.56 Å². The zero-order chi connectivity index (χ0) is 12.4. The Bertz CT molecular complexity index is 612. The molecule has 0 radical (unpaired) electrons. The summed E-state index contributed by atoms with van der Waals surface area (Å²) < 4.78 is 1.57. The van der Waals surface area contributed by atoms with Gasteiger partial charge in [-0.15, -0.1) is 0 Å². The van der Waals surface area contributed by atoms with Crippen molar-refractivity contribution in [3.8, 4) is 5.69 Å². The first-order chi connectivity index (χ1) is 8.15. The fraction of sp³-hybridized carbons (Fsp3) is 0.143. The molecule has 0 saturated heterocycles. The van der Waals surface area contributed by atoms with Gasteiger partial charge in [0.1, 0.15) is 0 Å². The zero-order valence-electron chi connectivity index (χ0n) is 9.81. The van der Waals surface area contributed by atoms with Gasteiger partial charge in [0.15, 0.2) is 6.29 Å². The number of aryl methyl sites for hydroxylation is 1. The van der Waals surface area contributed by atoms with E-state index in [1.807, 2.05) is 44.2 Å². The Morgan fingerprint density at radius 2 is 1.76 bits per heavy atom. The van der Waals surface area contributed by atoms with Crippen molar-refractivity contribution in [3.63, 3.8) is 0 Å². The number of hydrogen-bond donors (Lipinski definition) is 0. The molecule has 1 aromatic heterocycles. The van der Waals surface area contributed by atoms with E-state index in [-0.39, 0.29) is 11.1 Å². The minimum Gasteiger partial charge on any atom is -0.298 e. The number of nitrogens with zero attached hydrogens (tertiary/aromatic N) is 1. The number of rotatable bonds is 2. The fourth-order valence-corrected chi connectivity index (χ4v) is 1.83. The molecule has 86 valence electrons. The number of hydrogen-bond acceptors (Lipinski definition) is 2. The highest BCUT2D eigenvalue weighted by molar-refractivity contribution is 5.74. The number of benzene rings is 1. The SMILES string of the molecule is Cc1cc(C=O)c(=O)n(-c2ccccc2)c1C. The second-order valence-corrected chi connectivity index (χ2v) is 3.96. The molecule has 0 unspecified atom stereocenters. The summed E-state index contributed by atoms with van der Waals surface area (Å²) in [5, 5.41) is 0. The third-order valence-corrected chi connectivity index (χ3v) is 2.87. The number of carbonyl (C=O) groups excluding carboxylic acids is 1. The molecule has 3 heteroatoms. The summed E-state index contributed by atoms with van der Waals surface area (Å²) in [6, 6.07) is 10.9. The lowest BCUT2D eigenvalue weighted by molar-refractivity contribution is 0.112. The van der Waals surface area contributed by atoms with Gasteiger partial charge in [-0.3, -0.25) is 14.2 Å². The Morgan fingerprint density at radius 3 is 2.35 bits per heavy atom. The number of aromatic nitrogens is 1. The Hall–Kier alpha value is -2.16. The van der Waals surface area contributed by atoms with Crippen molar-refractivity contribution in [1.82, 2.24) is 4.57 Å². The van der Waals surface area contributed by atoms with Gasteiger partial charge in [0.25, 0.3) is 5.56 Å². The summed E-state index contributed by atoms with van der Waals surface area (Å²) in [5.74, 6) is 0. The van der Waals surface area contributed by atoms with Crippen LogP contribution in [0.5, 0.6) is 0 Å².